The fourth-order valence-corrected chi connectivity index (χ4v) is 2.79. The third kappa shape index (κ3) is 4.21. The molecule has 0 unspecified atom stereocenters. The Morgan fingerprint density at radius 3 is 2.37 bits per heavy atom. The number of ether oxygens (including phenoxy) is 1. The van der Waals surface area contributed by atoms with E-state index in [1.807, 2.05) is 30.3 Å². The number of methoxy groups -OCH3 is 1. The van der Waals surface area contributed by atoms with Gasteiger partial charge in [0.1, 0.15) is 5.75 Å². The third-order valence-corrected chi connectivity index (χ3v) is 4.13. The molecule has 0 saturated carbocycles. The zero-order chi connectivity index (χ0) is 19.4. The Morgan fingerprint density at radius 2 is 1.67 bits per heavy atom. The summed E-state index contributed by atoms with van der Waals surface area (Å²) in [6.45, 7) is 0. The lowest BCUT2D eigenvalue weighted by Crippen LogP contribution is -2.34. The van der Waals surface area contributed by atoms with E-state index in [0.29, 0.717) is 17.0 Å². The number of fused-ring (bicyclic) bond motifs is 1. The summed E-state index contributed by atoms with van der Waals surface area (Å²) >= 11 is 5.16. The number of anilines is 1. The van der Waals surface area contributed by atoms with E-state index in [2.05, 4.69) is 10.6 Å². The maximum absolute atomic E-state index is 12.4. The molecule has 0 aliphatic carbocycles. The van der Waals surface area contributed by atoms with Crippen molar-refractivity contribution in [3.8, 4) is 5.75 Å². The number of benzene rings is 3. The van der Waals surface area contributed by atoms with Gasteiger partial charge in [-0.05, 0) is 58.9 Å². The molecule has 6 nitrogen and oxygen atoms in total. The fraction of sp³-hybridized carbons (Fsp3) is 0.0500. The van der Waals surface area contributed by atoms with E-state index in [1.54, 1.807) is 12.1 Å². The van der Waals surface area contributed by atoms with E-state index in [-0.39, 0.29) is 16.6 Å². The second-order valence-electron chi connectivity index (χ2n) is 5.67. The minimum absolute atomic E-state index is 0.0157. The number of nitrogens with one attached hydrogen (secondary N) is 2. The molecule has 3 aromatic rings. The predicted octanol–water partition coefficient (Wildman–Crippen LogP) is 2.34. The number of hydrogen-bond donors (Lipinski definition) is 2. The molecule has 136 valence electrons. The molecule has 0 fully saturated rings. The first-order valence-electron chi connectivity index (χ1n) is 7.98. The zero-order valence-electron chi connectivity index (χ0n) is 14.3. The minimum atomic E-state index is -1.33. The Bertz CT molecular complexity index is 1050. The molecule has 3 rings (SSSR count). The van der Waals surface area contributed by atoms with Gasteiger partial charge in [0.15, 0.2) is 5.11 Å². The van der Waals surface area contributed by atoms with Crippen LogP contribution in [0, 0.1) is 0 Å². The van der Waals surface area contributed by atoms with Crippen molar-refractivity contribution >= 4 is 45.7 Å². The highest BCUT2D eigenvalue weighted by Crippen LogP contribution is 2.25. The molecular formula is C20H15N2O4S-. The van der Waals surface area contributed by atoms with E-state index in [9.17, 15) is 14.7 Å². The fourth-order valence-electron chi connectivity index (χ4n) is 2.59. The van der Waals surface area contributed by atoms with Gasteiger partial charge < -0.3 is 20.0 Å². The van der Waals surface area contributed by atoms with Crippen LogP contribution in [0.2, 0.25) is 0 Å². The van der Waals surface area contributed by atoms with Gasteiger partial charge in [-0.3, -0.25) is 10.1 Å². The van der Waals surface area contributed by atoms with Gasteiger partial charge in [-0.1, -0.05) is 30.3 Å². The molecule has 0 bridgehead atoms. The van der Waals surface area contributed by atoms with Gasteiger partial charge in [0.2, 0.25) is 0 Å². The van der Waals surface area contributed by atoms with Crippen molar-refractivity contribution in [2.45, 2.75) is 0 Å². The summed E-state index contributed by atoms with van der Waals surface area (Å²) in [6, 6.07) is 17.2. The number of amides is 1. The number of hydrogen-bond acceptors (Lipinski definition) is 5. The van der Waals surface area contributed by atoms with Crippen LogP contribution in [-0.4, -0.2) is 24.1 Å². The molecule has 1 amide bonds. The first kappa shape index (κ1) is 18.3. The Kier molecular flexibility index (Phi) is 5.33. The lowest BCUT2D eigenvalue weighted by molar-refractivity contribution is -0.255. The van der Waals surface area contributed by atoms with Crippen molar-refractivity contribution in [3.63, 3.8) is 0 Å². The van der Waals surface area contributed by atoms with Crippen LogP contribution >= 0.6 is 12.2 Å². The van der Waals surface area contributed by atoms with Crippen LogP contribution in [0.3, 0.4) is 0 Å². The lowest BCUT2D eigenvalue weighted by Gasteiger charge is -2.14. The first-order chi connectivity index (χ1) is 13.0. The van der Waals surface area contributed by atoms with Crippen LogP contribution in [0.25, 0.3) is 10.8 Å². The van der Waals surface area contributed by atoms with Crippen LogP contribution in [0.1, 0.15) is 20.7 Å². The predicted molar refractivity (Wildman–Crippen MR) is 105 cm³/mol. The number of carbonyl (C=O) groups excluding carboxylic acids is 2. The first-order valence-corrected chi connectivity index (χ1v) is 8.39. The van der Waals surface area contributed by atoms with E-state index >= 15 is 0 Å². The Morgan fingerprint density at radius 1 is 0.963 bits per heavy atom. The molecule has 2 N–H and O–H groups in total. The van der Waals surface area contributed by atoms with Crippen LogP contribution in [0.15, 0.2) is 60.7 Å². The average Bonchev–Trinajstić information content (AvgIpc) is 2.67. The smallest absolute Gasteiger partial charge is 0.257 e. The molecule has 0 atom stereocenters. The topological polar surface area (TPSA) is 90.5 Å². The number of thiocarbonyl (C=S) groups is 1. The monoisotopic (exact) mass is 379 g/mol. The van der Waals surface area contributed by atoms with Crippen molar-refractivity contribution in [1.82, 2.24) is 5.32 Å². The van der Waals surface area contributed by atoms with Crippen LogP contribution in [0.4, 0.5) is 5.69 Å². The molecule has 0 saturated heterocycles. The molecule has 0 aromatic heterocycles. The number of carboxylic acids is 1. The molecule has 0 radical (unpaired) electrons. The van der Waals surface area contributed by atoms with Crippen LogP contribution in [0.5, 0.6) is 5.75 Å². The summed E-state index contributed by atoms with van der Waals surface area (Å²) in [5.41, 5.74) is 0.721. The highest BCUT2D eigenvalue weighted by Gasteiger charge is 2.11. The van der Waals surface area contributed by atoms with Crippen LogP contribution < -0.4 is 20.5 Å². The number of rotatable bonds is 4. The van der Waals surface area contributed by atoms with Gasteiger partial charge in [0.25, 0.3) is 5.91 Å². The van der Waals surface area contributed by atoms with Gasteiger partial charge in [0.05, 0.1) is 18.8 Å². The largest absolute Gasteiger partial charge is 0.545 e. The van der Waals surface area contributed by atoms with Gasteiger partial charge in [-0.15, -0.1) is 0 Å². The second-order valence-corrected chi connectivity index (χ2v) is 6.08. The van der Waals surface area contributed by atoms with Gasteiger partial charge in [0, 0.05) is 5.56 Å². The van der Waals surface area contributed by atoms with Crippen molar-refractivity contribution in [2.75, 3.05) is 12.4 Å². The molecule has 0 aliphatic rings. The number of carbonyl (C=O) groups is 2. The third-order valence-electron chi connectivity index (χ3n) is 3.92. The van der Waals surface area contributed by atoms with E-state index < -0.39 is 5.97 Å². The van der Waals surface area contributed by atoms with Gasteiger partial charge >= 0.3 is 0 Å². The minimum Gasteiger partial charge on any atom is -0.545 e. The summed E-state index contributed by atoms with van der Waals surface area (Å²) in [6.07, 6.45) is 0. The Balaban J connectivity index is 1.75. The summed E-state index contributed by atoms with van der Waals surface area (Å²) < 4.78 is 5.17. The maximum atomic E-state index is 12.4. The summed E-state index contributed by atoms with van der Waals surface area (Å²) in [7, 11) is 1.44. The second kappa shape index (κ2) is 7.84. The standard InChI is InChI=1S/C20H16N2O4S/c1-26-17-9-8-15(19(24)25)11-16(17)21-20(27)22-18(23)14-7-6-12-4-2-3-5-13(12)10-14/h2-11H,1H3,(H,24,25)(H2,21,22,23,27)/p-1. The highest BCUT2D eigenvalue weighted by molar-refractivity contribution is 7.80. The van der Waals surface area contributed by atoms with Crippen LogP contribution in [-0.2, 0) is 0 Å². The molecule has 7 heteroatoms. The zero-order valence-corrected chi connectivity index (χ0v) is 15.1. The van der Waals surface area contributed by atoms with Crippen molar-refractivity contribution in [1.29, 1.82) is 0 Å². The van der Waals surface area contributed by atoms with E-state index in [0.717, 1.165) is 10.8 Å². The lowest BCUT2D eigenvalue weighted by atomic mass is 10.1. The van der Waals surface area contributed by atoms with Crippen molar-refractivity contribution < 1.29 is 19.4 Å². The summed E-state index contributed by atoms with van der Waals surface area (Å²) in [5.74, 6) is -1.33. The molecule has 0 spiro atoms. The maximum Gasteiger partial charge on any atom is 0.257 e. The van der Waals surface area contributed by atoms with Gasteiger partial charge in [-0.25, -0.2) is 0 Å². The Hall–Kier alpha value is -3.45. The summed E-state index contributed by atoms with van der Waals surface area (Å²) in [4.78, 5) is 23.5. The highest BCUT2D eigenvalue weighted by atomic mass is 32.1. The van der Waals surface area contributed by atoms with Crippen molar-refractivity contribution in [2.24, 2.45) is 0 Å². The molecule has 0 aliphatic heterocycles. The number of carboxylic acid groups (broad SMARTS) is 1. The van der Waals surface area contributed by atoms with E-state index in [1.165, 1.54) is 25.3 Å². The molecule has 27 heavy (non-hydrogen) atoms. The number of aromatic carboxylic acids is 1. The summed E-state index contributed by atoms with van der Waals surface area (Å²) in [5, 5.41) is 18.4. The quantitative estimate of drug-likeness (QED) is 0.676. The van der Waals surface area contributed by atoms with E-state index in [4.69, 9.17) is 17.0 Å². The normalized spacial score (nSPS) is 10.3. The SMILES string of the molecule is COc1ccc(C(=O)[O-])cc1NC(=S)NC(=O)c1ccc2ccccc2c1. The molecule has 3 aromatic carbocycles. The molecular weight excluding hydrogens is 364 g/mol. The molecule has 0 heterocycles. The van der Waals surface area contributed by atoms with Gasteiger partial charge in [-0.2, -0.15) is 0 Å². The average molecular weight is 379 g/mol. The van der Waals surface area contributed by atoms with Crippen molar-refractivity contribution in [3.05, 3.63) is 71.8 Å². The Labute approximate surface area is 160 Å².